The van der Waals surface area contributed by atoms with Crippen LogP contribution < -0.4 is 0 Å². The van der Waals surface area contributed by atoms with Crippen molar-refractivity contribution in [3.8, 4) is 0 Å². The first-order valence-electron chi connectivity index (χ1n) is 7.19. The number of allylic oxidation sites excluding steroid dienone is 1. The van der Waals surface area contributed by atoms with Gasteiger partial charge in [0.25, 0.3) is 5.78 Å². The average Bonchev–Trinajstić information content (AvgIpc) is 2.61. The third-order valence-corrected chi connectivity index (χ3v) is 3.18. The maximum Gasteiger partial charge on any atom is 0.456 e. The zero-order valence-electron chi connectivity index (χ0n) is 13.2. The summed E-state index contributed by atoms with van der Waals surface area (Å²) in [6.07, 6.45) is -10.1. The molecule has 0 fully saturated rings. The van der Waals surface area contributed by atoms with Crippen LogP contribution in [-0.4, -0.2) is 17.1 Å². The van der Waals surface area contributed by atoms with Gasteiger partial charge in [-0.1, -0.05) is 36.4 Å². The number of rotatable bonds is 4. The van der Waals surface area contributed by atoms with E-state index >= 15 is 0 Å². The highest BCUT2D eigenvalue weighted by Crippen LogP contribution is 2.32. The summed E-state index contributed by atoms with van der Waals surface area (Å²) in [5, 5.41) is 16.3. The smallest absolute Gasteiger partial charge is 0.456 e. The fraction of sp³-hybridized carbons (Fsp3) is 0.118. The highest BCUT2D eigenvalue weighted by atomic mass is 19.4. The number of Topliss-reactive ketones (excluding diaryl/α,β-unsaturated/α-hetero) is 1. The maximum absolute atomic E-state index is 12.8. The van der Waals surface area contributed by atoms with Gasteiger partial charge in [0.05, 0.1) is 11.3 Å². The van der Waals surface area contributed by atoms with Crippen LogP contribution in [-0.2, 0) is 11.0 Å². The molecule has 2 rings (SSSR count). The molecule has 0 saturated heterocycles. The number of hydrogen-bond acceptors (Lipinski definition) is 4. The Morgan fingerprint density at radius 1 is 0.889 bits per heavy atom. The lowest BCUT2D eigenvalue weighted by Gasteiger charge is -2.08. The summed E-state index contributed by atoms with van der Waals surface area (Å²) in [6, 6.07) is 10.0. The Morgan fingerprint density at radius 3 is 2.07 bits per heavy atom. The molecule has 142 valence electrons. The van der Waals surface area contributed by atoms with E-state index < -0.39 is 40.8 Å². The molecule has 10 heteroatoms. The molecule has 27 heavy (non-hydrogen) atoms. The third kappa shape index (κ3) is 5.16. The Labute approximate surface area is 148 Å². The fourth-order valence-corrected chi connectivity index (χ4v) is 1.92. The minimum Gasteiger partial charge on any atom is -0.505 e. The SMILES string of the molecule is O=C(C(N=Nc1cccc(C(F)(F)F)c1)=C(O)c1ccccc1)C(F)(F)F. The number of azo groups is 1. The zero-order valence-corrected chi connectivity index (χ0v) is 13.2. The molecule has 0 saturated carbocycles. The quantitative estimate of drug-likeness (QED) is 0.309. The number of hydrogen-bond donors (Lipinski definition) is 1. The van der Waals surface area contributed by atoms with Crippen LogP contribution in [0.5, 0.6) is 0 Å². The van der Waals surface area contributed by atoms with Crippen LogP contribution in [0.4, 0.5) is 32.0 Å². The molecular formula is C17H10F6N2O2. The van der Waals surface area contributed by atoms with Crippen LogP contribution in [0, 0.1) is 0 Å². The van der Waals surface area contributed by atoms with E-state index in [1.807, 2.05) is 0 Å². The molecule has 0 bridgehead atoms. The molecule has 0 aliphatic heterocycles. The summed E-state index contributed by atoms with van der Waals surface area (Å²) in [6.45, 7) is 0. The molecule has 0 radical (unpaired) electrons. The number of alkyl halides is 6. The molecule has 0 amide bonds. The van der Waals surface area contributed by atoms with Crippen LogP contribution in [0.25, 0.3) is 5.76 Å². The predicted octanol–water partition coefficient (Wildman–Crippen LogP) is 5.85. The second-order valence-electron chi connectivity index (χ2n) is 5.14. The largest absolute Gasteiger partial charge is 0.505 e. The van der Waals surface area contributed by atoms with Gasteiger partial charge >= 0.3 is 12.4 Å². The Balaban J connectivity index is 2.50. The number of benzene rings is 2. The normalized spacial score (nSPS) is 13.6. The molecule has 0 aromatic heterocycles. The van der Waals surface area contributed by atoms with E-state index in [9.17, 15) is 36.2 Å². The molecule has 2 aromatic rings. The molecule has 0 aliphatic carbocycles. The Morgan fingerprint density at radius 2 is 1.52 bits per heavy atom. The van der Waals surface area contributed by atoms with Gasteiger partial charge in [0.15, 0.2) is 11.5 Å². The molecule has 0 spiro atoms. The number of nitrogens with zero attached hydrogens (tertiary/aromatic N) is 2. The summed E-state index contributed by atoms with van der Waals surface area (Å²) in [5.41, 5.74) is -3.13. The summed E-state index contributed by atoms with van der Waals surface area (Å²) in [7, 11) is 0. The number of ketones is 1. The number of carbonyl (C=O) groups excluding carboxylic acids is 1. The lowest BCUT2D eigenvalue weighted by molar-refractivity contribution is -0.166. The van der Waals surface area contributed by atoms with E-state index in [1.54, 1.807) is 0 Å². The van der Waals surface area contributed by atoms with Gasteiger partial charge in [0.1, 0.15) is 0 Å². The van der Waals surface area contributed by atoms with Crippen molar-refractivity contribution in [3.63, 3.8) is 0 Å². The molecule has 0 atom stereocenters. The predicted molar refractivity (Wildman–Crippen MR) is 83.0 cm³/mol. The molecule has 0 aliphatic rings. The van der Waals surface area contributed by atoms with Crippen LogP contribution in [0.2, 0.25) is 0 Å². The molecular weight excluding hydrogens is 378 g/mol. The van der Waals surface area contributed by atoms with E-state index in [-0.39, 0.29) is 5.56 Å². The number of aliphatic hydroxyl groups excluding tert-OH is 1. The van der Waals surface area contributed by atoms with E-state index in [1.165, 1.54) is 30.3 Å². The second kappa shape index (κ2) is 7.60. The van der Waals surface area contributed by atoms with Crippen molar-refractivity contribution in [1.82, 2.24) is 0 Å². The van der Waals surface area contributed by atoms with E-state index in [0.717, 1.165) is 18.2 Å². The Kier molecular flexibility index (Phi) is 5.67. The van der Waals surface area contributed by atoms with E-state index in [0.29, 0.717) is 6.07 Å². The average molecular weight is 388 g/mol. The summed E-state index contributed by atoms with van der Waals surface area (Å²) >= 11 is 0. The van der Waals surface area contributed by atoms with E-state index in [4.69, 9.17) is 0 Å². The lowest BCUT2D eigenvalue weighted by Crippen LogP contribution is -2.24. The molecule has 0 heterocycles. The Bertz CT molecular complexity index is 886. The van der Waals surface area contributed by atoms with E-state index in [2.05, 4.69) is 10.2 Å². The first kappa shape index (κ1) is 20.1. The summed E-state index contributed by atoms with van der Waals surface area (Å²) in [5.74, 6) is -3.59. The van der Waals surface area contributed by atoms with Crippen LogP contribution in [0.1, 0.15) is 11.1 Å². The number of carbonyl (C=O) groups is 1. The van der Waals surface area contributed by atoms with Crippen molar-refractivity contribution in [3.05, 3.63) is 71.4 Å². The van der Waals surface area contributed by atoms with Gasteiger partial charge in [0, 0.05) is 5.56 Å². The third-order valence-electron chi connectivity index (χ3n) is 3.18. The monoisotopic (exact) mass is 388 g/mol. The topological polar surface area (TPSA) is 62.0 Å². The van der Waals surface area contributed by atoms with Crippen LogP contribution in [0.15, 0.2) is 70.5 Å². The first-order chi connectivity index (χ1) is 12.5. The highest BCUT2D eigenvalue weighted by Gasteiger charge is 2.43. The van der Waals surface area contributed by atoms with Gasteiger partial charge in [-0.25, -0.2) is 0 Å². The summed E-state index contributed by atoms with van der Waals surface area (Å²) in [4.78, 5) is 11.6. The lowest BCUT2D eigenvalue weighted by atomic mass is 10.1. The van der Waals surface area contributed by atoms with Crippen molar-refractivity contribution in [1.29, 1.82) is 0 Å². The minimum atomic E-state index is -5.37. The molecule has 0 unspecified atom stereocenters. The second-order valence-corrected chi connectivity index (χ2v) is 5.14. The number of aliphatic hydroxyl groups is 1. The minimum absolute atomic E-state index is 0.145. The highest BCUT2D eigenvalue weighted by molar-refractivity contribution is 6.04. The molecule has 2 aromatic carbocycles. The first-order valence-corrected chi connectivity index (χ1v) is 7.19. The molecule has 4 nitrogen and oxygen atoms in total. The van der Waals surface area contributed by atoms with Crippen molar-refractivity contribution in [2.75, 3.05) is 0 Å². The van der Waals surface area contributed by atoms with Gasteiger partial charge < -0.3 is 5.11 Å². The fourth-order valence-electron chi connectivity index (χ4n) is 1.92. The van der Waals surface area contributed by atoms with Crippen molar-refractivity contribution in [2.24, 2.45) is 10.2 Å². The van der Waals surface area contributed by atoms with Crippen molar-refractivity contribution in [2.45, 2.75) is 12.4 Å². The van der Waals surface area contributed by atoms with Gasteiger partial charge in [-0.15, -0.1) is 5.11 Å². The van der Waals surface area contributed by atoms with Crippen LogP contribution in [0.3, 0.4) is 0 Å². The van der Waals surface area contributed by atoms with Crippen molar-refractivity contribution < 1.29 is 36.2 Å². The molecule has 1 N–H and O–H groups in total. The van der Waals surface area contributed by atoms with Gasteiger partial charge in [0.2, 0.25) is 0 Å². The van der Waals surface area contributed by atoms with Gasteiger partial charge in [-0.05, 0) is 18.2 Å². The van der Waals surface area contributed by atoms with Crippen LogP contribution >= 0.6 is 0 Å². The zero-order chi connectivity index (χ0) is 20.2. The number of halogens is 6. The van der Waals surface area contributed by atoms with Gasteiger partial charge in [-0.2, -0.15) is 31.5 Å². The maximum atomic E-state index is 12.8. The van der Waals surface area contributed by atoms with Gasteiger partial charge in [-0.3, -0.25) is 4.79 Å². The van der Waals surface area contributed by atoms with Crippen molar-refractivity contribution >= 4 is 17.2 Å². The standard InChI is InChI=1S/C17H10F6N2O2/c18-16(19,20)11-7-4-8-12(9-11)24-25-13(15(27)17(21,22)23)14(26)10-5-2-1-3-6-10/h1-9,26H. The summed E-state index contributed by atoms with van der Waals surface area (Å²) < 4.78 is 76.4. The Hall–Kier alpha value is -3.17.